The highest BCUT2D eigenvalue weighted by atomic mass is 19.1. The fourth-order valence-corrected chi connectivity index (χ4v) is 5.93. The molecule has 2 aromatic carbocycles. The largest absolute Gasteiger partial charge is 0.207 e. The lowest BCUT2D eigenvalue weighted by Crippen LogP contribution is -2.30. The zero-order valence-electron chi connectivity index (χ0n) is 17.9. The van der Waals surface area contributed by atoms with Crippen molar-refractivity contribution in [1.29, 1.82) is 0 Å². The van der Waals surface area contributed by atoms with Gasteiger partial charge in [0.15, 0.2) is 0 Å². The van der Waals surface area contributed by atoms with Crippen LogP contribution in [0, 0.1) is 29.4 Å². The molecule has 0 aromatic heterocycles. The van der Waals surface area contributed by atoms with Gasteiger partial charge in [0.2, 0.25) is 0 Å². The summed E-state index contributed by atoms with van der Waals surface area (Å²) in [5.74, 6) is 2.44. The van der Waals surface area contributed by atoms with Crippen LogP contribution < -0.4 is 0 Å². The Morgan fingerprint density at radius 2 is 1.79 bits per heavy atom. The molecule has 2 aliphatic rings. The van der Waals surface area contributed by atoms with Crippen molar-refractivity contribution >= 4 is 10.8 Å². The standard InChI is InChI=1S/C27H34F2/c1-3-5-6-7-25-26(28)17-23-16-22(12-13-24(23)27(25)29)21-11-10-19-14-18(4-2)8-9-20(19)15-21/h3,5,12-13,16-21H,4,6-11,14-15H2,1-2H3/b5-3+. The molecule has 0 nitrogen and oxygen atoms in total. The lowest BCUT2D eigenvalue weighted by Gasteiger charge is -2.42. The first-order chi connectivity index (χ1) is 14.1. The summed E-state index contributed by atoms with van der Waals surface area (Å²) in [7, 11) is 0. The molecule has 2 heteroatoms. The van der Waals surface area contributed by atoms with Gasteiger partial charge in [-0.25, -0.2) is 8.78 Å². The second kappa shape index (κ2) is 8.98. The van der Waals surface area contributed by atoms with Crippen LogP contribution in [0.25, 0.3) is 10.8 Å². The third-order valence-electron chi connectivity index (χ3n) is 7.71. The third-order valence-corrected chi connectivity index (χ3v) is 7.71. The van der Waals surface area contributed by atoms with Gasteiger partial charge in [-0.3, -0.25) is 0 Å². The van der Waals surface area contributed by atoms with Gasteiger partial charge in [-0.1, -0.05) is 50.1 Å². The zero-order valence-corrected chi connectivity index (χ0v) is 17.9. The van der Waals surface area contributed by atoms with E-state index in [1.54, 1.807) is 6.07 Å². The molecule has 2 fully saturated rings. The number of hydrogen-bond acceptors (Lipinski definition) is 0. The summed E-state index contributed by atoms with van der Waals surface area (Å²) in [6.07, 6.45) is 14.2. The van der Waals surface area contributed by atoms with E-state index in [0.29, 0.717) is 29.5 Å². The molecule has 0 spiro atoms. The lowest BCUT2D eigenvalue weighted by molar-refractivity contribution is 0.116. The molecule has 0 aliphatic heterocycles. The molecule has 0 N–H and O–H groups in total. The van der Waals surface area contributed by atoms with Crippen molar-refractivity contribution in [3.8, 4) is 0 Å². The summed E-state index contributed by atoms with van der Waals surface area (Å²) in [4.78, 5) is 0. The molecule has 29 heavy (non-hydrogen) atoms. The Morgan fingerprint density at radius 3 is 2.59 bits per heavy atom. The van der Waals surface area contributed by atoms with E-state index in [2.05, 4.69) is 19.1 Å². The average molecular weight is 397 g/mol. The Bertz CT molecular complexity index is 882. The monoisotopic (exact) mass is 396 g/mol. The summed E-state index contributed by atoms with van der Waals surface area (Å²) in [5.41, 5.74) is 1.49. The van der Waals surface area contributed by atoms with Crippen LogP contribution in [-0.4, -0.2) is 0 Å². The van der Waals surface area contributed by atoms with Crippen molar-refractivity contribution in [1.82, 2.24) is 0 Å². The van der Waals surface area contributed by atoms with Crippen LogP contribution in [0.5, 0.6) is 0 Å². The second-order valence-electron chi connectivity index (χ2n) is 9.36. The predicted octanol–water partition coefficient (Wildman–Crippen LogP) is 8.34. The first-order valence-electron chi connectivity index (χ1n) is 11.6. The van der Waals surface area contributed by atoms with E-state index < -0.39 is 5.82 Å². The Labute approximate surface area is 174 Å². The maximum atomic E-state index is 15.0. The van der Waals surface area contributed by atoms with Crippen molar-refractivity contribution in [3.63, 3.8) is 0 Å². The maximum absolute atomic E-state index is 15.0. The van der Waals surface area contributed by atoms with Crippen LogP contribution in [0.3, 0.4) is 0 Å². The molecular weight excluding hydrogens is 362 g/mol. The van der Waals surface area contributed by atoms with E-state index in [9.17, 15) is 8.78 Å². The van der Waals surface area contributed by atoms with E-state index in [0.717, 1.165) is 17.8 Å². The molecule has 2 aliphatic carbocycles. The van der Waals surface area contributed by atoms with E-state index in [1.165, 1.54) is 50.5 Å². The summed E-state index contributed by atoms with van der Waals surface area (Å²) >= 11 is 0. The molecule has 0 amide bonds. The lowest BCUT2D eigenvalue weighted by atomic mass is 9.63. The summed E-state index contributed by atoms with van der Waals surface area (Å²) in [6, 6.07) is 7.59. The molecule has 156 valence electrons. The quantitative estimate of drug-likeness (QED) is 0.446. The van der Waals surface area contributed by atoms with Crippen molar-refractivity contribution in [2.24, 2.45) is 17.8 Å². The minimum absolute atomic E-state index is 0.219. The smallest absolute Gasteiger partial charge is 0.137 e. The van der Waals surface area contributed by atoms with Crippen molar-refractivity contribution < 1.29 is 8.78 Å². The summed E-state index contributed by atoms with van der Waals surface area (Å²) in [6.45, 7) is 4.26. The van der Waals surface area contributed by atoms with Gasteiger partial charge in [-0.05, 0) is 92.6 Å². The normalized spacial score (nSPS) is 27.4. The van der Waals surface area contributed by atoms with Gasteiger partial charge in [0.1, 0.15) is 11.6 Å². The van der Waals surface area contributed by atoms with Crippen LogP contribution >= 0.6 is 0 Å². The third kappa shape index (κ3) is 4.27. The zero-order chi connectivity index (χ0) is 20.4. The van der Waals surface area contributed by atoms with Gasteiger partial charge in [-0.15, -0.1) is 0 Å². The second-order valence-corrected chi connectivity index (χ2v) is 9.36. The molecule has 0 heterocycles. The Hall–Kier alpha value is -1.70. The van der Waals surface area contributed by atoms with Gasteiger partial charge in [0.05, 0.1) is 0 Å². The number of halogens is 2. The SMILES string of the molecule is C/C=C/CCc1c(F)cc2cc(C3CCC4CC(CC)CCC4C3)ccc2c1F. The van der Waals surface area contributed by atoms with Gasteiger partial charge in [-0.2, -0.15) is 0 Å². The highest BCUT2D eigenvalue weighted by Gasteiger charge is 2.35. The number of fused-ring (bicyclic) bond motifs is 2. The topological polar surface area (TPSA) is 0 Å². The number of hydrogen-bond donors (Lipinski definition) is 0. The van der Waals surface area contributed by atoms with Crippen LogP contribution in [0.2, 0.25) is 0 Å². The number of benzene rings is 2. The molecule has 0 saturated heterocycles. The first kappa shape index (κ1) is 20.6. The van der Waals surface area contributed by atoms with E-state index in [1.807, 2.05) is 25.1 Å². The van der Waals surface area contributed by atoms with Gasteiger partial charge < -0.3 is 0 Å². The number of rotatable bonds is 5. The maximum Gasteiger partial charge on any atom is 0.137 e. The van der Waals surface area contributed by atoms with Crippen LogP contribution in [0.1, 0.15) is 82.3 Å². The average Bonchev–Trinajstić information content (AvgIpc) is 2.75. The highest BCUT2D eigenvalue weighted by Crippen LogP contribution is 2.48. The molecular formula is C27H34F2. The van der Waals surface area contributed by atoms with Crippen LogP contribution in [-0.2, 0) is 6.42 Å². The number of allylic oxidation sites excluding steroid dienone is 2. The van der Waals surface area contributed by atoms with Crippen molar-refractivity contribution in [2.75, 3.05) is 0 Å². The highest BCUT2D eigenvalue weighted by molar-refractivity contribution is 5.85. The minimum Gasteiger partial charge on any atom is -0.207 e. The Morgan fingerprint density at radius 1 is 1.00 bits per heavy atom. The van der Waals surface area contributed by atoms with Crippen molar-refractivity contribution in [2.45, 2.75) is 77.6 Å². The first-order valence-corrected chi connectivity index (χ1v) is 11.6. The molecule has 4 unspecified atom stereocenters. The van der Waals surface area contributed by atoms with Crippen LogP contribution in [0.15, 0.2) is 36.4 Å². The predicted molar refractivity (Wildman–Crippen MR) is 118 cm³/mol. The van der Waals surface area contributed by atoms with Gasteiger partial charge in [0.25, 0.3) is 0 Å². The van der Waals surface area contributed by atoms with E-state index in [-0.39, 0.29) is 11.4 Å². The van der Waals surface area contributed by atoms with Crippen molar-refractivity contribution in [3.05, 3.63) is 59.2 Å². The fourth-order valence-electron chi connectivity index (χ4n) is 5.93. The Balaban J connectivity index is 1.54. The molecule has 2 saturated carbocycles. The Kier molecular flexibility index (Phi) is 6.37. The fraction of sp³-hybridized carbons (Fsp3) is 0.556. The molecule has 2 aromatic rings. The molecule has 4 rings (SSSR count). The van der Waals surface area contributed by atoms with E-state index in [4.69, 9.17) is 0 Å². The molecule has 4 atom stereocenters. The van der Waals surface area contributed by atoms with Gasteiger partial charge >= 0.3 is 0 Å². The van der Waals surface area contributed by atoms with Gasteiger partial charge in [0, 0.05) is 10.9 Å². The van der Waals surface area contributed by atoms with E-state index >= 15 is 0 Å². The summed E-state index contributed by atoms with van der Waals surface area (Å²) in [5, 5.41) is 1.27. The minimum atomic E-state index is -0.404. The van der Waals surface area contributed by atoms with Crippen LogP contribution in [0.4, 0.5) is 8.78 Å². The molecule has 0 bridgehead atoms. The summed E-state index contributed by atoms with van der Waals surface area (Å²) < 4.78 is 29.6. The molecule has 0 radical (unpaired) electrons.